The fourth-order valence-electron chi connectivity index (χ4n) is 1.46. The monoisotopic (exact) mass is 207 g/mol. The normalized spacial score (nSPS) is 10.6. The summed E-state index contributed by atoms with van der Waals surface area (Å²) in [6, 6.07) is 3.41. The molecule has 0 amide bonds. The van der Waals surface area contributed by atoms with Gasteiger partial charge in [-0.25, -0.2) is 4.79 Å². The van der Waals surface area contributed by atoms with Gasteiger partial charge in [-0.1, -0.05) is 0 Å². The molecule has 0 saturated carbocycles. The number of hydrogen-bond donors (Lipinski definition) is 2. The standard InChI is InChI=1S/C10H9NO2S/c1-5-4-7(10(12)13)6-2-3-14-9(6)8(5)11/h2-4H,11H2,1H3,(H,12,13). The minimum Gasteiger partial charge on any atom is -0.478 e. The average Bonchev–Trinajstić information content (AvgIpc) is 2.59. The molecule has 0 saturated heterocycles. The van der Waals surface area contributed by atoms with Gasteiger partial charge in [-0.3, -0.25) is 0 Å². The van der Waals surface area contributed by atoms with Crippen LogP contribution in [0.25, 0.3) is 10.1 Å². The third-order valence-corrected chi connectivity index (χ3v) is 3.16. The third-order valence-electron chi connectivity index (χ3n) is 2.22. The van der Waals surface area contributed by atoms with E-state index in [1.54, 1.807) is 12.1 Å². The van der Waals surface area contributed by atoms with E-state index in [1.165, 1.54) is 11.3 Å². The zero-order chi connectivity index (χ0) is 10.3. The predicted octanol–water partition coefficient (Wildman–Crippen LogP) is 2.49. The van der Waals surface area contributed by atoms with Crippen molar-refractivity contribution >= 4 is 33.1 Å². The Morgan fingerprint density at radius 3 is 2.93 bits per heavy atom. The number of nitrogen functional groups attached to an aromatic ring is 1. The highest BCUT2D eigenvalue weighted by Gasteiger charge is 2.13. The second-order valence-electron chi connectivity index (χ2n) is 3.12. The Balaban J connectivity index is 2.91. The van der Waals surface area contributed by atoms with Gasteiger partial charge in [0.05, 0.1) is 16.0 Å². The van der Waals surface area contributed by atoms with Crippen molar-refractivity contribution in [2.45, 2.75) is 6.92 Å². The van der Waals surface area contributed by atoms with Crippen LogP contribution >= 0.6 is 11.3 Å². The smallest absolute Gasteiger partial charge is 0.336 e. The van der Waals surface area contributed by atoms with Crippen molar-refractivity contribution in [3.8, 4) is 0 Å². The maximum Gasteiger partial charge on any atom is 0.336 e. The van der Waals surface area contributed by atoms with Gasteiger partial charge < -0.3 is 10.8 Å². The van der Waals surface area contributed by atoms with Gasteiger partial charge >= 0.3 is 5.97 Å². The Hall–Kier alpha value is -1.55. The average molecular weight is 207 g/mol. The lowest BCUT2D eigenvalue weighted by atomic mass is 10.1. The molecule has 3 N–H and O–H groups in total. The SMILES string of the molecule is Cc1cc(C(=O)O)c2ccsc2c1N. The second-order valence-corrected chi connectivity index (χ2v) is 4.04. The van der Waals surface area contributed by atoms with Gasteiger partial charge in [-0.05, 0) is 30.0 Å². The number of thiophene rings is 1. The Labute approximate surface area is 84.8 Å². The molecule has 0 aliphatic heterocycles. The summed E-state index contributed by atoms with van der Waals surface area (Å²) in [6.45, 7) is 1.82. The summed E-state index contributed by atoms with van der Waals surface area (Å²) in [5.41, 5.74) is 7.67. The molecule has 0 unspecified atom stereocenters. The van der Waals surface area contributed by atoms with Crippen molar-refractivity contribution in [3.05, 3.63) is 28.6 Å². The van der Waals surface area contributed by atoms with E-state index in [2.05, 4.69) is 0 Å². The number of aromatic carboxylic acids is 1. The summed E-state index contributed by atoms with van der Waals surface area (Å²) >= 11 is 1.47. The van der Waals surface area contributed by atoms with Gasteiger partial charge in [-0.2, -0.15) is 0 Å². The molecule has 14 heavy (non-hydrogen) atoms. The molecule has 1 aromatic carbocycles. The van der Waals surface area contributed by atoms with Gasteiger partial charge in [0, 0.05) is 5.39 Å². The number of aryl methyl sites for hydroxylation is 1. The number of benzene rings is 1. The van der Waals surface area contributed by atoms with E-state index in [-0.39, 0.29) is 0 Å². The molecule has 72 valence electrons. The molecule has 0 atom stereocenters. The molecule has 1 aromatic heterocycles. The molecular formula is C10H9NO2S. The van der Waals surface area contributed by atoms with E-state index in [1.807, 2.05) is 12.3 Å². The lowest BCUT2D eigenvalue weighted by Gasteiger charge is -2.04. The highest BCUT2D eigenvalue weighted by Crippen LogP contribution is 2.32. The van der Waals surface area contributed by atoms with Crippen molar-refractivity contribution in [2.75, 3.05) is 5.73 Å². The van der Waals surface area contributed by atoms with Gasteiger partial charge in [0.15, 0.2) is 0 Å². The van der Waals surface area contributed by atoms with Gasteiger partial charge in [0.2, 0.25) is 0 Å². The summed E-state index contributed by atoms with van der Waals surface area (Å²) in [5, 5.41) is 11.6. The molecule has 3 nitrogen and oxygen atoms in total. The van der Waals surface area contributed by atoms with Crippen molar-refractivity contribution in [1.29, 1.82) is 0 Å². The van der Waals surface area contributed by atoms with Crippen LogP contribution in [0, 0.1) is 6.92 Å². The first-order valence-corrected chi connectivity index (χ1v) is 4.99. The molecular weight excluding hydrogens is 198 g/mol. The number of hydrogen-bond acceptors (Lipinski definition) is 3. The van der Waals surface area contributed by atoms with Crippen molar-refractivity contribution < 1.29 is 9.90 Å². The summed E-state index contributed by atoms with van der Waals surface area (Å²) < 4.78 is 0.863. The predicted molar refractivity (Wildman–Crippen MR) is 57.9 cm³/mol. The maximum absolute atomic E-state index is 10.9. The van der Waals surface area contributed by atoms with Crippen LogP contribution in [0.3, 0.4) is 0 Å². The minimum absolute atomic E-state index is 0.327. The first-order valence-electron chi connectivity index (χ1n) is 4.11. The Bertz CT molecular complexity index is 516. The lowest BCUT2D eigenvalue weighted by Crippen LogP contribution is -1.99. The fourth-order valence-corrected chi connectivity index (χ4v) is 2.39. The largest absolute Gasteiger partial charge is 0.478 e. The van der Waals surface area contributed by atoms with E-state index >= 15 is 0 Å². The van der Waals surface area contributed by atoms with Crippen molar-refractivity contribution in [3.63, 3.8) is 0 Å². The van der Waals surface area contributed by atoms with Gasteiger partial charge in [0.1, 0.15) is 0 Å². The van der Waals surface area contributed by atoms with Gasteiger partial charge in [-0.15, -0.1) is 11.3 Å². The topological polar surface area (TPSA) is 63.3 Å². The molecule has 0 bridgehead atoms. The van der Waals surface area contributed by atoms with Crippen molar-refractivity contribution in [2.24, 2.45) is 0 Å². The molecule has 0 spiro atoms. The first-order chi connectivity index (χ1) is 6.61. The van der Waals surface area contributed by atoms with Crippen LogP contribution in [0.4, 0.5) is 5.69 Å². The number of nitrogens with two attached hydrogens (primary N) is 1. The first kappa shape index (κ1) is 9.02. The second kappa shape index (κ2) is 2.99. The summed E-state index contributed by atoms with van der Waals surface area (Å²) in [6.07, 6.45) is 0. The summed E-state index contributed by atoms with van der Waals surface area (Å²) in [5.74, 6) is -0.906. The van der Waals surface area contributed by atoms with E-state index < -0.39 is 5.97 Å². The van der Waals surface area contributed by atoms with Crippen LogP contribution in [0.5, 0.6) is 0 Å². The van der Waals surface area contributed by atoms with Gasteiger partial charge in [0.25, 0.3) is 0 Å². The maximum atomic E-state index is 10.9. The molecule has 2 aromatic rings. The molecule has 0 aliphatic carbocycles. The number of rotatable bonds is 1. The van der Waals surface area contributed by atoms with E-state index in [4.69, 9.17) is 10.8 Å². The summed E-state index contributed by atoms with van der Waals surface area (Å²) in [4.78, 5) is 10.9. The zero-order valence-electron chi connectivity index (χ0n) is 7.57. The zero-order valence-corrected chi connectivity index (χ0v) is 8.39. The number of carboxylic acids is 1. The quantitative estimate of drug-likeness (QED) is 0.706. The number of fused-ring (bicyclic) bond motifs is 1. The third kappa shape index (κ3) is 1.15. The summed E-state index contributed by atoms with van der Waals surface area (Å²) in [7, 11) is 0. The molecule has 1 heterocycles. The van der Waals surface area contributed by atoms with Crippen LogP contribution in [0.1, 0.15) is 15.9 Å². The Morgan fingerprint density at radius 2 is 2.29 bits per heavy atom. The Kier molecular flexibility index (Phi) is 1.93. The molecule has 0 aliphatic rings. The lowest BCUT2D eigenvalue weighted by molar-refractivity contribution is 0.0699. The van der Waals surface area contributed by atoms with Crippen LogP contribution in [-0.4, -0.2) is 11.1 Å². The van der Waals surface area contributed by atoms with Crippen LogP contribution in [0.2, 0.25) is 0 Å². The number of carboxylic acid groups (broad SMARTS) is 1. The Morgan fingerprint density at radius 1 is 1.57 bits per heavy atom. The van der Waals surface area contributed by atoms with Crippen LogP contribution < -0.4 is 5.73 Å². The number of carbonyl (C=O) groups is 1. The van der Waals surface area contributed by atoms with E-state index in [0.29, 0.717) is 11.3 Å². The molecule has 4 heteroatoms. The molecule has 0 fully saturated rings. The number of anilines is 1. The van der Waals surface area contributed by atoms with Crippen LogP contribution in [0.15, 0.2) is 17.5 Å². The minimum atomic E-state index is -0.906. The highest BCUT2D eigenvalue weighted by molar-refractivity contribution is 7.17. The fraction of sp³-hybridized carbons (Fsp3) is 0.100. The van der Waals surface area contributed by atoms with E-state index in [9.17, 15) is 4.79 Å². The highest BCUT2D eigenvalue weighted by atomic mass is 32.1. The molecule has 2 rings (SSSR count). The van der Waals surface area contributed by atoms with E-state index in [0.717, 1.165) is 15.6 Å². The van der Waals surface area contributed by atoms with Crippen molar-refractivity contribution in [1.82, 2.24) is 0 Å². The molecule has 0 radical (unpaired) electrons. The van der Waals surface area contributed by atoms with Crippen LogP contribution in [-0.2, 0) is 0 Å².